The molecule has 12 heteroatoms. The van der Waals surface area contributed by atoms with Gasteiger partial charge in [0.1, 0.15) is 10.9 Å². The van der Waals surface area contributed by atoms with Crippen LogP contribution in [0, 0.1) is 0 Å². The van der Waals surface area contributed by atoms with Crippen LogP contribution in [0.1, 0.15) is 39.1 Å². The first-order valence-corrected chi connectivity index (χ1v) is 16.3. The molecule has 2 unspecified atom stereocenters. The van der Waals surface area contributed by atoms with E-state index in [2.05, 4.69) is 41.6 Å². The zero-order valence-electron chi connectivity index (χ0n) is 24.8. The van der Waals surface area contributed by atoms with Gasteiger partial charge in [0.15, 0.2) is 5.78 Å². The summed E-state index contributed by atoms with van der Waals surface area (Å²) >= 11 is 8.00. The van der Waals surface area contributed by atoms with Gasteiger partial charge in [0.05, 0.1) is 19.4 Å². The number of H-pyrrole nitrogens is 1. The molecule has 1 saturated heterocycles. The second kappa shape index (κ2) is 17.9. The molecule has 0 amide bonds. The predicted molar refractivity (Wildman–Crippen MR) is 186 cm³/mol. The fourth-order valence-electron chi connectivity index (χ4n) is 4.05. The van der Waals surface area contributed by atoms with Gasteiger partial charge in [-0.2, -0.15) is 0 Å². The van der Waals surface area contributed by atoms with Crippen molar-refractivity contribution in [3.05, 3.63) is 104 Å². The number of nitrogens with two attached hydrogens (primary N) is 2. The van der Waals surface area contributed by atoms with E-state index in [9.17, 15) is 14.4 Å². The fourth-order valence-corrected chi connectivity index (χ4v) is 5.87. The number of hydrogen-bond donors (Lipinski definition) is 4. The molecule has 0 aliphatic carbocycles. The van der Waals surface area contributed by atoms with E-state index in [4.69, 9.17) is 21.3 Å². The third-order valence-corrected chi connectivity index (χ3v) is 8.50. The van der Waals surface area contributed by atoms with Gasteiger partial charge in [-0.25, -0.2) is 4.79 Å². The van der Waals surface area contributed by atoms with Crippen LogP contribution in [0.5, 0.6) is 0 Å². The topological polar surface area (TPSA) is 158 Å². The Balaban J connectivity index is 0.000000169. The Hall–Kier alpha value is -3.39. The molecule has 2 aromatic heterocycles. The van der Waals surface area contributed by atoms with Crippen LogP contribution in [0.25, 0.3) is 21.0 Å². The summed E-state index contributed by atoms with van der Waals surface area (Å²) in [6, 6.07) is 24.6. The highest BCUT2D eigenvalue weighted by molar-refractivity contribution is 9.10. The maximum absolute atomic E-state index is 11.1. The van der Waals surface area contributed by atoms with Gasteiger partial charge in [0.25, 0.3) is 0 Å². The maximum atomic E-state index is 11.1. The van der Waals surface area contributed by atoms with E-state index in [1.165, 1.54) is 18.4 Å². The summed E-state index contributed by atoms with van der Waals surface area (Å²) in [5.41, 5.74) is 13.7. The van der Waals surface area contributed by atoms with Crippen LogP contribution >= 0.6 is 43.2 Å². The number of methoxy groups -OCH3 is 1. The van der Waals surface area contributed by atoms with E-state index in [1.807, 2.05) is 72.8 Å². The molecule has 0 bridgehead atoms. The van der Waals surface area contributed by atoms with Gasteiger partial charge in [0.2, 0.25) is 0 Å². The van der Waals surface area contributed by atoms with Crippen LogP contribution in [-0.4, -0.2) is 60.2 Å². The summed E-state index contributed by atoms with van der Waals surface area (Å²) < 4.78 is 12.4. The number of hydrogen-bond acceptors (Lipinski definition) is 8. The summed E-state index contributed by atoms with van der Waals surface area (Å²) in [7, 11) is 1.34. The van der Waals surface area contributed by atoms with Crippen molar-refractivity contribution in [1.82, 2.24) is 4.98 Å². The molecular weight excluding hydrogens is 726 g/mol. The fraction of sp³-hybridized carbons (Fsp3) is 0.242. The number of aromatic carboxylic acids is 1. The molecule has 1 fully saturated rings. The van der Waals surface area contributed by atoms with Crippen molar-refractivity contribution in [3.8, 4) is 0 Å². The Morgan fingerprint density at radius 3 is 2.24 bits per heavy atom. The molecule has 1 aliphatic heterocycles. The Kier molecular flexibility index (Phi) is 14.4. The van der Waals surface area contributed by atoms with Crippen molar-refractivity contribution < 1.29 is 29.0 Å². The molecule has 2 atom stereocenters. The molecule has 5 aromatic rings. The number of Topliss-reactive ketones (excluding diaryl/α,β-unsaturated/α-hetero) is 1. The number of ketones is 1. The highest BCUT2D eigenvalue weighted by Crippen LogP contribution is 2.28. The van der Waals surface area contributed by atoms with Crippen molar-refractivity contribution in [1.29, 1.82) is 0 Å². The van der Waals surface area contributed by atoms with Crippen LogP contribution in [0.15, 0.2) is 87.8 Å². The monoisotopic (exact) mass is 759 g/mol. The molecule has 6 N–H and O–H groups in total. The Labute approximate surface area is 282 Å². The summed E-state index contributed by atoms with van der Waals surface area (Å²) in [6.45, 7) is 3.18. The summed E-state index contributed by atoms with van der Waals surface area (Å²) in [5, 5.41) is 10.8. The number of carbonyl (C=O) groups is 3. The van der Waals surface area contributed by atoms with Gasteiger partial charge in [-0.05, 0) is 60.2 Å². The Bertz CT molecular complexity index is 1630. The number of carboxylic acid groups (broad SMARTS) is 1. The van der Waals surface area contributed by atoms with Crippen molar-refractivity contribution in [2.45, 2.75) is 31.8 Å². The van der Waals surface area contributed by atoms with E-state index in [1.54, 1.807) is 13.0 Å². The maximum Gasteiger partial charge on any atom is 0.345 e. The summed E-state index contributed by atoms with van der Waals surface area (Å²) in [6.07, 6.45) is 1.56. The van der Waals surface area contributed by atoms with E-state index >= 15 is 0 Å². The second-order valence-electron chi connectivity index (χ2n) is 10.0. The average Bonchev–Trinajstić information content (AvgIpc) is 3.77. The predicted octanol–water partition coefficient (Wildman–Crippen LogP) is 6.96. The van der Waals surface area contributed by atoms with Crippen molar-refractivity contribution >= 4 is 81.9 Å². The number of halogens is 2. The van der Waals surface area contributed by atoms with Crippen LogP contribution in [0.3, 0.4) is 0 Å². The number of fused-ring (bicyclic) bond motifs is 2. The Morgan fingerprint density at radius 2 is 1.69 bits per heavy atom. The highest BCUT2D eigenvalue weighted by atomic mass is 79.9. The zero-order valence-corrected chi connectivity index (χ0v) is 28.8. The van der Waals surface area contributed by atoms with Crippen LogP contribution < -0.4 is 11.5 Å². The first kappa shape index (κ1) is 36.1. The number of benzene rings is 3. The average molecular weight is 762 g/mol. The van der Waals surface area contributed by atoms with Crippen LogP contribution in [0.2, 0.25) is 0 Å². The minimum atomic E-state index is -0.864. The summed E-state index contributed by atoms with van der Waals surface area (Å²) in [5.74, 6) is -1.17. The molecule has 0 spiro atoms. The molecule has 45 heavy (non-hydrogen) atoms. The van der Waals surface area contributed by atoms with Gasteiger partial charge < -0.3 is 31.0 Å². The van der Waals surface area contributed by atoms with Gasteiger partial charge in [-0.1, -0.05) is 74.3 Å². The molecule has 0 saturated carbocycles. The lowest BCUT2D eigenvalue weighted by Gasteiger charge is -2.08. The molecule has 1 aliphatic rings. The van der Waals surface area contributed by atoms with Gasteiger partial charge >= 0.3 is 11.9 Å². The number of rotatable bonds is 5. The smallest absolute Gasteiger partial charge is 0.345 e. The SMILES string of the molecule is CC(=O)c1cc2ccc(Br)cc2[nH]1.COC(=O)C(N)Cc1ccccc1.NC1CCOC1.O=C(O)c1cc2ccc(Br)cc2s1. The standard InChI is InChI=1S/C10H8BrNO.C10H13NO2.C9H5BrO2S.C4H9NO/c1-6(13)9-4-7-2-3-8(11)5-10(7)12-9;1-13-10(12)9(11)7-8-5-3-2-4-6-8;10-6-2-1-5-3-8(9(11)12)13-7(5)4-6;5-4-1-2-6-3-4/h2-5,12H,1H3;2-6,9H,7,11H2,1H3;1-4H,(H,11,12);4H,1-3,5H2. The third-order valence-electron chi connectivity index (χ3n) is 6.42. The van der Waals surface area contributed by atoms with Gasteiger partial charge in [-0.3, -0.25) is 9.59 Å². The number of ether oxygens (including phenoxy) is 2. The molecule has 3 heterocycles. The number of aromatic nitrogens is 1. The molecule has 238 valence electrons. The normalized spacial score (nSPS) is 14.2. The van der Waals surface area contributed by atoms with E-state index < -0.39 is 12.0 Å². The molecule has 0 radical (unpaired) electrons. The van der Waals surface area contributed by atoms with Crippen LogP contribution in [0.4, 0.5) is 0 Å². The number of thiophene rings is 1. The summed E-state index contributed by atoms with van der Waals surface area (Å²) in [4.78, 5) is 36.1. The molecule has 3 aromatic carbocycles. The van der Waals surface area contributed by atoms with Gasteiger partial charge in [-0.15, -0.1) is 11.3 Å². The lowest BCUT2D eigenvalue weighted by molar-refractivity contribution is -0.142. The largest absolute Gasteiger partial charge is 0.477 e. The van der Waals surface area contributed by atoms with Gasteiger partial charge in [0, 0.05) is 44.1 Å². The lowest BCUT2D eigenvalue weighted by Crippen LogP contribution is -2.33. The van der Waals surface area contributed by atoms with Crippen molar-refractivity contribution in [2.75, 3.05) is 20.3 Å². The third kappa shape index (κ3) is 11.8. The number of carboxylic acids is 1. The Morgan fingerprint density at radius 1 is 1.02 bits per heavy atom. The van der Waals surface area contributed by atoms with Crippen molar-refractivity contribution in [2.24, 2.45) is 11.5 Å². The molecule has 6 rings (SSSR count). The van der Waals surface area contributed by atoms with E-state index in [-0.39, 0.29) is 11.8 Å². The minimum absolute atomic E-state index is 0.0623. The minimum Gasteiger partial charge on any atom is -0.477 e. The molecular formula is C33H35Br2N3O6S. The number of esters is 1. The van der Waals surface area contributed by atoms with Crippen molar-refractivity contribution in [3.63, 3.8) is 0 Å². The molecule has 9 nitrogen and oxygen atoms in total. The first-order chi connectivity index (χ1) is 21.5. The first-order valence-electron chi connectivity index (χ1n) is 13.9. The second-order valence-corrected chi connectivity index (χ2v) is 12.9. The number of carbonyl (C=O) groups excluding carboxylic acids is 2. The van der Waals surface area contributed by atoms with E-state index in [0.29, 0.717) is 23.0 Å². The lowest BCUT2D eigenvalue weighted by atomic mass is 10.1. The number of aromatic amines is 1. The quantitative estimate of drug-likeness (QED) is 0.111. The van der Waals surface area contributed by atoms with Crippen LogP contribution in [-0.2, 0) is 20.7 Å². The number of nitrogens with one attached hydrogen (secondary N) is 1. The van der Waals surface area contributed by atoms with E-state index in [0.717, 1.165) is 55.1 Å². The zero-order chi connectivity index (χ0) is 32.9. The highest BCUT2D eigenvalue weighted by Gasteiger charge is 2.13.